The number of carbonyl (C=O) groups is 1. The lowest BCUT2D eigenvalue weighted by Gasteiger charge is -2.25. The Morgan fingerprint density at radius 3 is 2.66 bits per heavy atom. The minimum Gasteiger partial charge on any atom is -0.455 e. The van der Waals surface area contributed by atoms with Crippen LogP contribution in [0.15, 0.2) is 34.9 Å². The Balaban J connectivity index is 1.46. The van der Waals surface area contributed by atoms with Crippen LogP contribution in [0.3, 0.4) is 0 Å². The molecule has 1 aromatic carbocycles. The number of carbonyl (C=O) groups excluding carboxylic acids is 1. The van der Waals surface area contributed by atoms with E-state index in [2.05, 4.69) is 6.20 Å². The second kappa shape index (κ2) is 7.38. The summed E-state index contributed by atoms with van der Waals surface area (Å²) in [5, 5.41) is 5.59. The summed E-state index contributed by atoms with van der Waals surface area (Å²) in [4.78, 5) is 15.0. The topological polar surface area (TPSA) is 51.3 Å². The van der Waals surface area contributed by atoms with Gasteiger partial charge in [0.2, 0.25) is 0 Å². The number of rotatable bonds is 3. The molecule has 0 unspecified atom stereocenters. The van der Waals surface area contributed by atoms with Gasteiger partial charge < -0.3 is 9.32 Å². The molecule has 0 N–H and O–H groups in total. The van der Waals surface area contributed by atoms with E-state index in [0.717, 1.165) is 71.9 Å². The van der Waals surface area contributed by atoms with E-state index in [1.165, 1.54) is 12.0 Å². The van der Waals surface area contributed by atoms with Gasteiger partial charge >= 0.3 is 0 Å². The van der Waals surface area contributed by atoms with Crippen molar-refractivity contribution >= 4 is 17.5 Å². The highest BCUT2D eigenvalue weighted by Crippen LogP contribution is 2.39. The molecule has 5 nitrogen and oxygen atoms in total. The third kappa shape index (κ3) is 3.38. The van der Waals surface area contributed by atoms with Crippen molar-refractivity contribution in [2.45, 2.75) is 45.6 Å². The largest absolute Gasteiger partial charge is 0.455 e. The van der Waals surface area contributed by atoms with Gasteiger partial charge in [-0.05, 0) is 55.9 Å². The van der Waals surface area contributed by atoms with Gasteiger partial charge in [0.15, 0.2) is 5.76 Å². The van der Waals surface area contributed by atoms with E-state index in [0.29, 0.717) is 12.3 Å². The van der Waals surface area contributed by atoms with Gasteiger partial charge in [-0.3, -0.25) is 9.48 Å². The van der Waals surface area contributed by atoms with Crippen molar-refractivity contribution in [1.29, 1.82) is 0 Å². The van der Waals surface area contributed by atoms with Crippen molar-refractivity contribution in [3.8, 4) is 11.3 Å². The average molecular weight is 410 g/mol. The highest BCUT2D eigenvalue weighted by molar-refractivity contribution is 6.30. The van der Waals surface area contributed by atoms with Crippen LogP contribution in [0.25, 0.3) is 11.3 Å². The van der Waals surface area contributed by atoms with Crippen LogP contribution in [0, 0.1) is 6.92 Å². The summed E-state index contributed by atoms with van der Waals surface area (Å²) in [5.41, 5.74) is 5.26. The first kappa shape index (κ1) is 18.5. The predicted molar refractivity (Wildman–Crippen MR) is 112 cm³/mol. The van der Waals surface area contributed by atoms with Crippen LogP contribution in [0.5, 0.6) is 0 Å². The van der Waals surface area contributed by atoms with E-state index in [-0.39, 0.29) is 5.91 Å². The van der Waals surface area contributed by atoms with E-state index in [4.69, 9.17) is 21.1 Å². The Morgan fingerprint density at radius 2 is 1.90 bits per heavy atom. The molecule has 3 heterocycles. The third-order valence-electron chi connectivity index (χ3n) is 6.01. The van der Waals surface area contributed by atoms with Gasteiger partial charge in [-0.2, -0.15) is 5.10 Å². The number of hydrogen-bond acceptors (Lipinski definition) is 3. The molecule has 0 spiro atoms. The van der Waals surface area contributed by atoms with Crippen molar-refractivity contribution in [3.63, 3.8) is 0 Å². The number of halogens is 1. The summed E-state index contributed by atoms with van der Waals surface area (Å²) in [5.74, 6) is 1.42. The third-order valence-corrected chi connectivity index (χ3v) is 6.26. The fourth-order valence-electron chi connectivity index (χ4n) is 4.47. The summed E-state index contributed by atoms with van der Waals surface area (Å²) >= 11 is 5.99. The molecule has 0 atom stereocenters. The van der Waals surface area contributed by atoms with Crippen LogP contribution < -0.4 is 0 Å². The number of hydrogen-bond donors (Lipinski definition) is 0. The molecule has 0 saturated carbocycles. The molecule has 1 aliphatic carbocycles. The fourth-order valence-corrected chi connectivity index (χ4v) is 4.59. The molecule has 1 amide bonds. The molecule has 0 bridgehead atoms. The molecule has 6 heteroatoms. The zero-order valence-corrected chi connectivity index (χ0v) is 17.3. The Hall–Kier alpha value is -2.53. The summed E-state index contributed by atoms with van der Waals surface area (Å²) < 4.78 is 8.07. The molecule has 29 heavy (non-hydrogen) atoms. The summed E-state index contributed by atoms with van der Waals surface area (Å²) in [6.45, 7) is 4.33. The predicted octanol–water partition coefficient (Wildman–Crippen LogP) is 4.88. The normalized spacial score (nSPS) is 15.9. The summed E-state index contributed by atoms with van der Waals surface area (Å²) in [7, 11) is 0. The molecule has 2 aliphatic rings. The zero-order valence-electron chi connectivity index (χ0n) is 16.6. The van der Waals surface area contributed by atoms with Crippen molar-refractivity contribution in [2.75, 3.05) is 13.1 Å². The maximum atomic E-state index is 13.0. The Bertz CT molecular complexity index is 1060. The molecule has 3 aromatic rings. The van der Waals surface area contributed by atoms with E-state index in [1.54, 1.807) is 0 Å². The zero-order chi connectivity index (χ0) is 20.0. The number of likely N-dealkylation sites (tertiary alicyclic amines) is 1. The van der Waals surface area contributed by atoms with E-state index >= 15 is 0 Å². The minimum absolute atomic E-state index is 0.0266. The average Bonchev–Trinajstić information content (AvgIpc) is 3.30. The van der Waals surface area contributed by atoms with Crippen LogP contribution >= 0.6 is 11.6 Å². The van der Waals surface area contributed by atoms with E-state index in [1.807, 2.05) is 40.8 Å². The number of fused-ring (bicyclic) bond motifs is 3. The van der Waals surface area contributed by atoms with Crippen LogP contribution in [-0.4, -0.2) is 33.7 Å². The second-order valence-electron chi connectivity index (χ2n) is 8.03. The van der Waals surface area contributed by atoms with E-state index in [9.17, 15) is 4.79 Å². The quantitative estimate of drug-likeness (QED) is 0.619. The van der Waals surface area contributed by atoms with Gasteiger partial charge in [-0.1, -0.05) is 23.7 Å². The van der Waals surface area contributed by atoms with Crippen molar-refractivity contribution in [2.24, 2.45) is 0 Å². The summed E-state index contributed by atoms with van der Waals surface area (Å²) in [6, 6.07) is 7.84. The lowest BCUT2D eigenvalue weighted by atomic mass is 9.93. The first-order chi connectivity index (χ1) is 14.1. The number of benzene rings is 1. The van der Waals surface area contributed by atoms with Gasteiger partial charge in [-0.25, -0.2) is 0 Å². The molecule has 5 rings (SSSR count). The first-order valence-corrected chi connectivity index (χ1v) is 10.7. The SMILES string of the molecule is Cc1c(C(=O)N2CCCCC2)oc2c1-c1nn(Cc3ccc(Cl)cc3)cc1CC2. The number of piperidine rings is 1. The van der Waals surface area contributed by atoms with Gasteiger partial charge in [0.25, 0.3) is 5.91 Å². The van der Waals surface area contributed by atoms with Crippen molar-refractivity contribution in [1.82, 2.24) is 14.7 Å². The van der Waals surface area contributed by atoms with Crippen LogP contribution in [0.2, 0.25) is 5.02 Å². The Kier molecular flexibility index (Phi) is 4.70. The van der Waals surface area contributed by atoms with Gasteiger partial charge in [0.05, 0.1) is 12.2 Å². The van der Waals surface area contributed by atoms with Gasteiger partial charge in [-0.15, -0.1) is 0 Å². The number of aryl methyl sites for hydroxylation is 2. The maximum Gasteiger partial charge on any atom is 0.289 e. The second-order valence-corrected chi connectivity index (χ2v) is 8.47. The highest BCUT2D eigenvalue weighted by Gasteiger charge is 2.31. The lowest BCUT2D eigenvalue weighted by Crippen LogP contribution is -2.35. The van der Waals surface area contributed by atoms with Gasteiger partial charge in [0, 0.05) is 41.9 Å². The molecule has 0 radical (unpaired) electrons. The molecular formula is C23H24ClN3O2. The van der Waals surface area contributed by atoms with Crippen molar-refractivity contribution in [3.05, 3.63) is 63.7 Å². The minimum atomic E-state index is 0.0266. The smallest absolute Gasteiger partial charge is 0.289 e. The number of furan rings is 1. The molecular weight excluding hydrogens is 386 g/mol. The van der Waals surface area contributed by atoms with Crippen LogP contribution in [0.1, 0.15) is 52.3 Å². The fraction of sp³-hybridized carbons (Fsp3) is 0.391. The maximum absolute atomic E-state index is 13.0. The van der Waals surface area contributed by atoms with E-state index < -0.39 is 0 Å². The first-order valence-electron chi connectivity index (χ1n) is 10.3. The van der Waals surface area contributed by atoms with Crippen molar-refractivity contribution < 1.29 is 9.21 Å². The monoisotopic (exact) mass is 409 g/mol. The Labute approximate surface area is 175 Å². The number of amides is 1. The Morgan fingerprint density at radius 1 is 1.14 bits per heavy atom. The standard InChI is InChI=1S/C23H24ClN3O2/c1-15-20-19(29-22(15)23(28)26-11-3-2-4-12-26)10-7-17-14-27(25-21(17)20)13-16-5-8-18(24)9-6-16/h5-6,8-9,14H,2-4,7,10-13H2,1H3. The van der Waals surface area contributed by atoms with Crippen LogP contribution in [-0.2, 0) is 19.4 Å². The molecule has 150 valence electrons. The lowest BCUT2D eigenvalue weighted by molar-refractivity contribution is 0.0689. The van der Waals surface area contributed by atoms with Gasteiger partial charge in [0.1, 0.15) is 5.76 Å². The number of nitrogens with zero attached hydrogens (tertiary/aromatic N) is 3. The molecule has 1 fully saturated rings. The molecule has 2 aromatic heterocycles. The van der Waals surface area contributed by atoms with Crippen LogP contribution in [0.4, 0.5) is 0 Å². The molecule has 1 saturated heterocycles. The highest BCUT2D eigenvalue weighted by atomic mass is 35.5. The number of aromatic nitrogens is 2. The molecule has 1 aliphatic heterocycles. The summed E-state index contributed by atoms with van der Waals surface area (Å²) in [6.07, 6.45) is 7.16.